The Labute approximate surface area is 184 Å². The second-order valence-corrected chi connectivity index (χ2v) is 7.89. The highest BCUT2D eigenvalue weighted by atomic mass is 16.5. The summed E-state index contributed by atoms with van der Waals surface area (Å²) in [5.74, 6) is 0.949. The number of hydrogen-bond donors (Lipinski definition) is 1. The van der Waals surface area contributed by atoms with Gasteiger partial charge in [0.25, 0.3) is 0 Å². The molecular weight excluding hydrogens is 386 g/mol. The number of aliphatic imine (C=N–C) groups is 1. The summed E-state index contributed by atoms with van der Waals surface area (Å²) in [7, 11) is 0. The first kappa shape index (κ1) is 21.1. The quantitative estimate of drug-likeness (QED) is 0.490. The van der Waals surface area contributed by atoms with Crippen LogP contribution in [0.2, 0.25) is 0 Å². The van der Waals surface area contributed by atoms with Crippen molar-refractivity contribution >= 4 is 5.96 Å². The van der Waals surface area contributed by atoms with E-state index in [4.69, 9.17) is 9.73 Å². The van der Waals surface area contributed by atoms with E-state index in [0.29, 0.717) is 13.2 Å². The zero-order valence-corrected chi connectivity index (χ0v) is 18.4. The van der Waals surface area contributed by atoms with Gasteiger partial charge in [-0.1, -0.05) is 48.5 Å². The molecule has 1 N–H and O–H groups in total. The first-order chi connectivity index (χ1) is 15.2. The van der Waals surface area contributed by atoms with Crippen molar-refractivity contribution in [1.82, 2.24) is 19.8 Å². The molecule has 1 fully saturated rings. The fourth-order valence-corrected chi connectivity index (χ4v) is 3.99. The summed E-state index contributed by atoms with van der Waals surface area (Å²) in [6.45, 7) is 8.90. The fraction of sp³-hybridized carbons (Fsp3) is 0.360. The molecule has 2 heterocycles. The standard InChI is InChI=1S/C25H31N5O/c1-3-27-25(30-13-14-31-24(18-30)23-10-5-4-7-20(23)2)28-16-21-8-6-9-22(15-21)17-29-12-11-26-19-29/h4-12,15,19,24H,3,13-14,16-18H2,1-2H3,(H,27,28). The van der Waals surface area contributed by atoms with Gasteiger partial charge in [-0.25, -0.2) is 9.98 Å². The number of hydrogen-bond acceptors (Lipinski definition) is 3. The van der Waals surface area contributed by atoms with Crippen LogP contribution >= 0.6 is 0 Å². The molecule has 6 heteroatoms. The summed E-state index contributed by atoms with van der Waals surface area (Å²) >= 11 is 0. The number of benzene rings is 2. The number of rotatable bonds is 6. The van der Waals surface area contributed by atoms with E-state index in [1.807, 2.05) is 18.7 Å². The average Bonchev–Trinajstić information content (AvgIpc) is 3.30. The Kier molecular flexibility index (Phi) is 6.99. The van der Waals surface area contributed by atoms with Gasteiger partial charge < -0.3 is 19.5 Å². The summed E-state index contributed by atoms with van der Waals surface area (Å²) in [6.07, 6.45) is 5.70. The Bertz CT molecular complexity index is 999. The molecule has 1 atom stereocenters. The summed E-state index contributed by atoms with van der Waals surface area (Å²) in [5, 5.41) is 3.47. The second-order valence-electron chi connectivity index (χ2n) is 7.89. The normalized spacial score (nSPS) is 17.0. The minimum Gasteiger partial charge on any atom is -0.370 e. The zero-order valence-electron chi connectivity index (χ0n) is 18.4. The number of ether oxygens (including phenoxy) is 1. The van der Waals surface area contributed by atoms with Crippen LogP contribution in [0, 0.1) is 6.92 Å². The Hall–Kier alpha value is -3.12. The molecule has 0 bridgehead atoms. The third-order valence-corrected chi connectivity index (χ3v) is 5.56. The van der Waals surface area contributed by atoms with Gasteiger partial charge in [-0.2, -0.15) is 0 Å². The molecule has 0 amide bonds. The van der Waals surface area contributed by atoms with E-state index in [1.54, 1.807) is 0 Å². The van der Waals surface area contributed by atoms with Crippen LogP contribution in [0.15, 0.2) is 72.2 Å². The van der Waals surface area contributed by atoms with Crippen LogP contribution in [-0.4, -0.2) is 46.7 Å². The summed E-state index contributed by atoms with van der Waals surface area (Å²) < 4.78 is 8.18. The predicted octanol–water partition coefficient (Wildman–Crippen LogP) is 3.78. The van der Waals surface area contributed by atoms with E-state index >= 15 is 0 Å². The minimum atomic E-state index is 0.0670. The molecule has 162 valence electrons. The summed E-state index contributed by atoms with van der Waals surface area (Å²) in [5.41, 5.74) is 4.99. The molecule has 1 aromatic heterocycles. The van der Waals surface area contributed by atoms with Gasteiger partial charge in [0, 0.05) is 32.0 Å². The number of imidazole rings is 1. The third-order valence-electron chi connectivity index (χ3n) is 5.56. The number of aryl methyl sites for hydroxylation is 1. The van der Waals surface area contributed by atoms with Gasteiger partial charge in [-0.05, 0) is 36.1 Å². The largest absolute Gasteiger partial charge is 0.370 e. The van der Waals surface area contributed by atoms with E-state index in [-0.39, 0.29) is 6.10 Å². The van der Waals surface area contributed by atoms with Crippen LogP contribution in [-0.2, 0) is 17.8 Å². The van der Waals surface area contributed by atoms with E-state index in [0.717, 1.165) is 32.1 Å². The number of morpholine rings is 1. The van der Waals surface area contributed by atoms with E-state index in [9.17, 15) is 0 Å². The molecule has 3 aromatic rings. The molecule has 1 aliphatic heterocycles. The lowest BCUT2D eigenvalue weighted by molar-refractivity contribution is -0.00834. The minimum absolute atomic E-state index is 0.0670. The Balaban J connectivity index is 1.46. The molecule has 1 aliphatic rings. The average molecular weight is 418 g/mol. The van der Waals surface area contributed by atoms with E-state index in [2.05, 4.69) is 82.1 Å². The summed E-state index contributed by atoms with van der Waals surface area (Å²) in [4.78, 5) is 11.4. The van der Waals surface area contributed by atoms with Crippen molar-refractivity contribution < 1.29 is 4.74 Å². The highest BCUT2D eigenvalue weighted by Gasteiger charge is 2.25. The first-order valence-electron chi connectivity index (χ1n) is 11.0. The van der Waals surface area contributed by atoms with E-state index < -0.39 is 0 Å². The zero-order chi connectivity index (χ0) is 21.5. The van der Waals surface area contributed by atoms with Gasteiger partial charge in [0.15, 0.2) is 5.96 Å². The maximum Gasteiger partial charge on any atom is 0.194 e. The monoisotopic (exact) mass is 417 g/mol. The fourth-order valence-electron chi connectivity index (χ4n) is 3.99. The molecule has 0 aliphatic carbocycles. The highest BCUT2D eigenvalue weighted by Crippen LogP contribution is 2.25. The topological polar surface area (TPSA) is 54.7 Å². The van der Waals surface area contributed by atoms with E-state index in [1.165, 1.54) is 22.3 Å². The van der Waals surface area contributed by atoms with Gasteiger partial charge in [0.2, 0.25) is 0 Å². The predicted molar refractivity (Wildman–Crippen MR) is 124 cm³/mol. The van der Waals surface area contributed by atoms with Crippen LogP contribution in [0.1, 0.15) is 35.3 Å². The molecule has 0 saturated carbocycles. The second kappa shape index (κ2) is 10.3. The lowest BCUT2D eigenvalue weighted by atomic mass is 10.0. The molecule has 1 saturated heterocycles. The molecule has 1 unspecified atom stereocenters. The molecule has 6 nitrogen and oxygen atoms in total. The Morgan fingerprint density at radius 1 is 1.19 bits per heavy atom. The van der Waals surface area contributed by atoms with Crippen molar-refractivity contribution in [2.75, 3.05) is 26.2 Å². The van der Waals surface area contributed by atoms with Crippen molar-refractivity contribution in [1.29, 1.82) is 0 Å². The molecule has 0 spiro atoms. The van der Waals surface area contributed by atoms with Crippen molar-refractivity contribution in [3.8, 4) is 0 Å². The van der Waals surface area contributed by atoms with Gasteiger partial charge in [0.05, 0.1) is 26.0 Å². The molecule has 2 aromatic carbocycles. The lowest BCUT2D eigenvalue weighted by Gasteiger charge is -2.35. The SMILES string of the molecule is CCNC(=NCc1cccc(Cn2ccnc2)c1)N1CCOC(c2ccccc2C)C1. The van der Waals surface area contributed by atoms with Crippen LogP contribution in [0.5, 0.6) is 0 Å². The van der Waals surface area contributed by atoms with Gasteiger partial charge in [-0.15, -0.1) is 0 Å². The van der Waals surface area contributed by atoms with Crippen LogP contribution in [0.3, 0.4) is 0 Å². The third kappa shape index (κ3) is 5.52. The number of aromatic nitrogens is 2. The van der Waals surface area contributed by atoms with Gasteiger partial charge in [-0.3, -0.25) is 0 Å². The first-order valence-corrected chi connectivity index (χ1v) is 11.0. The maximum absolute atomic E-state index is 6.10. The molecule has 4 rings (SSSR count). The van der Waals surface area contributed by atoms with Crippen molar-refractivity contribution in [3.05, 3.63) is 89.5 Å². The van der Waals surface area contributed by atoms with Gasteiger partial charge >= 0.3 is 0 Å². The smallest absolute Gasteiger partial charge is 0.194 e. The molecular formula is C25H31N5O. The Morgan fingerprint density at radius 3 is 2.87 bits per heavy atom. The number of nitrogens with zero attached hydrogens (tertiary/aromatic N) is 4. The lowest BCUT2D eigenvalue weighted by Crippen LogP contribution is -2.48. The van der Waals surface area contributed by atoms with Crippen molar-refractivity contribution in [3.63, 3.8) is 0 Å². The molecule has 0 radical (unpaired) electrons. The van der Waals surface area contributed by atoms with Crippen LogP contribution in [0.25, 0.3) is 0 Å². The van der Waals surface area contributed by atoms with Crippen LogP contribution < -0.4 is 5.32 Å². The highest BCUT2D eigenvalue weighted by molar-refractivity contribution is 5.80. The van der Waals surface area contributed by atoms with Gasteiger partial charge in [0.1, 0.15) is 6.10 Å². The summed E-state index contributed by atoms with van der Waals surface area (Å²) in [6, 6.07) is 17.1. The van der Waals surface area contributed by atoms with Crippen molar-refractivity contribution in [2.24, 2.45) is 4.99 Å². The number of nitrogens with one attached hydrogen (secondary N) is 1. The molecule has 31 heavy (non-hydrogen) atoms. The van der Waals surface area contributed by atoms with Crippen LogP contribution in [0.4, 0.5) is 0 Å². The Morgan fingerprint density at radius 2 is 2.06 bits per heavy atom. The maximum atomic E-state index is 6.10. The number of guanidine groups is 1. The van der Waals surface area contributed by atoms with Crippen molar-refractivity contribution in [2.45, 2.75) is 33.0 Å².